The van der Waals surface area contributed by atoms with Crippen LogP contribution in [0.2, 0.25) is 0 Å². The van der Waals surface area contributed by atoms with Crippen LogP contribution >= 0.6 is 0 Å². The third-order valence-corrected chi connectivity index (χ3v) is 8.16. The number of carbonyl (C=O) groups is 2. The number of carbonyl (C=O) groups excluding carboxylic acids is 2. The number of piperidine rings is 1. The van der Waals surface area contributed by atoms with E-state index >= 15 is 0 Å². The monoisotopic (exact) mass is 462 g/mol. The quantitative estimate of drug-likeness (QED) is 0.457. The lowest BCUT2D eigenvalue weighted by Gasteiger charge is -2.35. The first-order valence-corrected chi connectivity index (χ1v) is 13.1. The van der Waals surface area contributed by atoms with E-state index in [0.29, 0.717) is 18.7 Å². The zero-order valence-electron chi connectivity index (χ0n) is 18.9. The molecule has 2 saturated heterocycles. The van der Waals surface area contributed by atoms with Crippen molar-refractivity contribution in [3.63, 3.8) is 0 Å². The maximum Gasteiger partial charge on any atom is 0.331 e. The Kier molecular flexibility index (Phi) is 8.87. The van der Waals surface area contributed by atoms with Crippen molar-refractivity contribution >= 4 is 28.0 Å². The predicted molar refractivity (Wildman–Crippen MR) is 123 cm³/mol. The fourth-order valence-corrected chi connectivity index (χ4v) is 5.88. The highest BCUT2D eigenvalue weighted by Gasteiger charge is 2.26. The van der Waals surface area contributed by atoms with Crippen LogP contribution < -0.4 is 0 Å². The summed E-state index contributed by atoms with van der Waals surface area (Å²) in [6, 6.07) is 6.69. The van der Waals surface area contributed by atoms with E-state index in [0.717, 1.165) is 57.9 Å². The van der Waals surface area contributed by atoms with Gasteiger partial charge in [-0.2, -0.15) is 4.31 Å². The first-order valence-electron chi connectivity index (χ1n) is 11.7. The first-order chi connectivity index (χ1) is 15.4. The van der Waals surface area contributed by atoms with Gasteiger partial charge in [0.05, 0.1) is 4.90 Å². The molecule has 176 valence electrons. The smallest absolute Gasteiger partial charge is 0.331 e. The molecule has 0 aliphatic carbocycles. The average molecular weight is 463 g/mol. The third-order valence-electron chi connectivity index (χ3n) is 6.25. The Labute approximate surface area is 191 Å². The summed E-state index contributed by atoms with van der Waals surface area (Å²) in [6.07, 6.45) is 10.8. The maximum atomic E-state index is 12.8. The van der Waals surface area contributed by atoms with E-state index in [1.165, 1.54) is 6.08 Å². The van der Waals surface area contributed by atoms with Crippen LogP contribution in [0.3, 0.4) is 0 Å². The summed E-state index contributed by atoms with van der Waals surface area (Å²) in [5.41, 5.74) is 0.685. The lowest BCUT2D eigenvalue weighted by atomic mass is 10.00. The Morgan fingerprint density at radius 3 is 2.31 bits per heavy atom. The lowest BCUT2D eigenvalue weighted by molar-refractivity contribution is -0.150. The normalized spacial score (nSPS) is 20.8. The minimum atomic E-state index is -3.49. The van der Waals surface area contributed by atoms with Crippen LogP contribution in [-0.4, -0.2) is 61.8 Å². The molecule has 3 rings (SSSR count). The molecule has 1 amide bonds. The number of hydrogen-bond acceptors (Lipinski definition) is 5. The van der Waals surface area contributed by atoms with E-state index in [9.17, 15) is 18.0 Å². The summed E-state index contributed by atoms with van der Waals surface area (Å²) in [4.78, 5) is 26.5. The molecule has 1 unspecified atom stereocenters. The van der Waals surface area contributed by atoms with Gasteiger partial charge in [0.1, 0.15) is 0 Å². The Morgan fingerprint density at radius 1 is 1.00 bits per heavy atom. The van der Waals surface area contributed by atoms with Crippen LogP contribution in [0.4, 0.5) is 0 Å². The molecule has 2 aliphatic heterocycles. The van der Waals surface area contributed by atoms with Crippen molar-refractivity contribution in [2.24, 2.45) is 0 Å². The van der Waals surface area contributed by atoms with Crippen LogP contribution in [0.25, 0.3) is 6.08 Å². The van der Waals surface area contributed by atoms with Crippen molar-refractivity contribution < 1.29 is 22.7 Å². The molecule has 0 aromatic heterocycles. The van der Waals surface area contributed by atoms with Crippen LogP contribution in [0.1, 0.15) is 63.9 Å². The molecule has 0 bridgehead atoms. The van der Waals surface area contributed by atoms with Gasteiger partial charge in [0.25, 0.3) is 5.91 Å². The molecule has 1 atom stereocenters. The Hall–Kier alpha value is -2.19. The summed E-state index contributed by atoms with van der Waals surface area (Å²) < 4.78 is 32.4. The van der Waals surface area contributed by atoms with Crippen molar-refractivity contribution in [1.29, 1.82) is 0 Å². The zero-order chi connectivity index (χ0) is 23.0. The number of likely N-dealkylation sites (tertiary alicyclic amines) is 1. The Balaban J connectivity index is 1.52. The molecule has 8 heteroatoms. The van der Waals surface area contributed by atoms with Crippen molar-refractivity contribution in [3.8, 4) is 0 Å². The Bertz CT molecular complexity index is 903. The van der Waals surface area contributed by atoms with E-state index in [2.05, 4.69) is 6.92 Å². The van der Waals surface area contributed by atoms with Gasteiger partial charge < -0.3 is 9.64 Å². The van der Waals surface area contributed by atoms with Crippen LogP contribution in [0.5, 0.6) is 0 Å². The van der Waals surface area contributed by atoms with E-state index in [1.54, 1.807) is 34.6 Å². The number of esters is 1. The fourth-order valence-electron chi connectivity index (χ4n) is 4.36. The minimum absolute atomic E-state index is 0.152. The van der Waals surface area contributed by atoms with Crippen molar-refractivity contribution in [1.82, 2.24) is 9.21 Å². The number of sulfonamides is 1. The molecule has 0 radical (unpaired) electrons. The number of nitrogens with zero attached hydrogens (tertiary/aromatic N) is 2. The van der Waals surface area contributed by atoms with Crippen LogP contribution in [0, 0.1) is 0 Å². The maximum absolute atomic E-state index is 12.8. The zero-order valence-corrected chi connectivity index (χ0v) is 19.7. The van der Waals surface area contributed by atoms with Gasteiger partial charge in [-0.15, -0.1) is 0 Å². The average Bonchev–Trinajstić information content (AvgIpc) is 3.11. The number of benzene rings is 1. The van der Waals surface area contributed by atoms with Crippen LogP contribution in [-0.2, 0) is 24.3 Å². The molecule has 1 aromatic carbocycles. The predicted octanol–water partition coefficient (Wildman–Crippen LogP) is 3.60. The SMILES string of the molecule is CCC1CCCCN1C(=O)COC(=O)/C=C/c1ccc(S(=O)(=O)N2CCCCCC2)cc1. The summed E-state index contributed by atoms with van der Waals surface area (Å²) in [7, 11) is -3.49. The molecule has 1 aromatic rings. The van der Waals surface area contributed by atoms with Gasteiger partial charge in [0.15, 0.2) is 6.61 Å². The third kappa shape index (κ3) is 6.42. The van der Waals surface area contributed by atoms with Crippen molar-refractivity contribution in [2.45, 2.75) is 69.2 Å². The topological polar surface area (TPSA) is 84.0 Å². The second-order valence-electron chi connectivity index (χ2n) is 8.47. The van der Waals surface area contributed by atoms with E-state index in [1.807, 2.05) is 4.90 Å². The number of hydrogen-bond donors (Lipinski definition) is 0. The van der Waals surface area contributed by atoms with E-state index in [4.69, 9.17) is 4.74 Å². The molecule has 0 N–H and O–H groups in total. The number of rotatable bonds is 7. The summed E-state index contributed by atoms with van der Waals surface area (Å²) in [6.45, 7) is 3.65. The molecule has 7 nitrogen and oxygen atoms in total. The van der Waals surface area contributed by atoms with Gasteiger partial charge in [-0.1, -0.05) is 31.9 Å². The van der Waals surface area contributed by atoms with Gasteiger partial charge in [0, 0.05) is 31.8 Å². The largest absolute Gasteiger partial charge is 0.452 e. The van der Waals surface area contributed by atoms with Crippen molar-refractivity contribution in [3.05, 3.63) is 35.9 Å². The standard InChI is InChI=1S/C24H34N2O5S/c1-2-21-9-5-8-18-26(21)23(27)19-31-24(28)15-12-20-10-13-22(14-11-20)32(29,30)25-16-6-3-4-7-17-25/h10-15,21H,2-9,16-19H2,1H3/b15-12+. The van der Waals surface area contributed by atoms with Crippen LogP contribution in [0.15, 0.2) is 35.2 Å². The summed E-state index contributed by atoms with van der Waals surface area (Å²) >= 11 is 0. The van der Waals surface area contributed by atoms with Gasteiger partial charge in [0.2, 0.25) is 10.0 Å². The second-order valence-corrected chi connectivity index (χ2v) is 10.4. The second kappa shape index (κ2) is 11.6. The highest BCUT2D eigenvalue weighted by molar-refractivity contribution is 7.89. The summed E-state index contributed by atoms with van der Waals surface area (Å²) in [5.74, 6) is -0.744. The molecule has 2 aliphatic rings. The minimum Gasteiger partial charge on any atom is -0.452 e. The van der Waals surface area contributed by atoms with Gasteiger partial charge in [-0.25, -0.2) is 13.2 Å². The number of amides is 1. The molecular formula is C24H34N2O5S. The molecule has 32 heavy (non-hydrogen) atoms. The van der Waals surface area contributed by atoms with Gasteiger partial charge in [-0.3, -0.25) is 4.79 Å². The molecular weight excluding hydrogens is 428 g/mol. The van der Waals surface area contributed by atoms with Gasteiger partial charge in [-0.05, 0) is 62.3 Å². The van der Waals surface area contributed by atoms with E-state index < -0.39 is 16.0 Å². The highest BCUT2D eigenvalue weighted by Crippen LogP contribution is 2.21. The van der Waals surface area contributed by atoms with Gasteiger partial charge >= 0.3 is 5.97 Å². The Morgan fingerprint density at radius 2 is 1.66 bits per heavy atom. The van der Waals surface area contributed by atoms with Crippen molar-refractivity contribution in [2.75, 3.05) is 26.2 Å². The number of ether oxygens (including phenoxy) is 1. The summed E-state index contributed by atoms with van der Waals surface area (Å²) in [5, 5.41) is 0. The van der Waals surface area contributed by atoms with E-state index in [-0.39, 0.29) is 23.5 Å². The molecule has 2 fully saturated rings. The lowest BCUT2D eigenvalue weighted by Crippen LogP contribution is -2.45. The molecule has 0 saturated carbocycles. The molecule has 2 heterocycles. The highest BCUT2D eigenvalue weighted by atomic mass is 32.2. The first kappa shape index (κ1) is 24.5. The fraction of sp³-hybridized carbons (Fsp3) is 0.583. The molecule has 0 spiro atoms.